The molecular weight excluding hydrogens is 346 g/mol. The summed E-state index contributed by atoms with van der Waals surface area (Å²) in [5, 5.41) is 15.8. The molecule has 0 aliphatic heterocycles. The van der Waals surface area contributed by atoms with Crippen LogP contribution >= 0.6 is 15.9 Å². The molecule has 2 aromatic carbocycles. The van der Waals surface area contributed by atoms with Crippen LogP contribution in [0.1, 0.15) is 18.1 Å². The van der Waals surface area contributed by atoms with Gasteiger partial charge in [0, 0.05) is 17.5 Å². The topological polar surface area (TPSA) is 67.5 Å². The van der Waals surface area contributed by atoms with Crippen molar-refractivity contribution in [1.82, 2.24) is 0 Å². The third-order valence-corrected chi connectivity index (χ3v) is 3.58. The molecule has 0 aliphatic rings. The molecule has 0 unspecified atom stereocenters. The van der Waals surface area contributed by atoms with Gasteiger partial charge in [-0.3, -0.25) is 15.5 Å². The summed E-state index contributed by atoms with van der Waals surface area (Å²) in [4.78, 5) is 10.2. The minimum Gasteiger partial charge on any atom is -0.278 e. The molecule has 0 amide bonds. The average Bonchev–Trinajstić information content (AvgIpc) is 2.54. The van der Waals surface area contributed by atoms with Crippen molar-refractivity contribution in [2.24, 2.45) is 5.10 Å². The number of nitrogens with one attached hydrogen (secondary N) is 1. The lowest BCUT2D eigenvalue weighted by Crippen LogP contribution is -2.00. The van der Waals surface area contributed by atoms with E-state index < -0.39 is 4.92 Å². The maximum absolute atomic E-state index is 10.6. The van der Waals surface area contributed by atoms with Crippen LogP contribution in [-0.4, -0.2) is 16.0 Å². The number of anilines is 1. The molecule has 6 heteroatoms. The zero-order chi connectivity index (χ0) is 15.9. The molecule has 5 nitrogen and oxygen atoms in total. The Labute approximate surface area is 137 Å². The van der Waals surface area contributed by atoms with Gasteiger partial charge in [-0.15, -0.1) is 0 Å². The predicted octanol–water partition coefficient (Wildman–Crippen LogP) is 4.37. The molecule has 0 heterocycles. The van der Waals surface area contributed by atoms with Crippen molar-refractivity contribution in [3.8, 4) is 0 Å². The van der Waals surface area contributed by atoms with E-state index in [-0.39, 0.29) is 5.69 Å². The van der Waals surface area contributed by atoms with Crippen LogP contribution in [0.2, 0.25) is 0 Å². The molecule has 0 saturated carbocycles. The number of hydrazone groups is 1. The van der Waals surface area contributed by atoms with Crippen molar-refractivity contribution in [2.75, 3.05) is 10.8 Å². The predicted molar refractivity (Wildman–Crippen MR) is 92.9 cm³/mol. The molecule has 2 aromatic rings. The Morgan fingerprint density at radius 1 is 1.18 bits per heavy atom. The van der Waals surface area contributed by atoms with E-state index in [1.54, 1.807) is 12.1 Å². The van der Waals surface area contributed by atoms with Gasteiger partial charge in [-0.1, -0.05) is 40.2 Å². The van der Waals surface area contributed by atoms with Gasteiger partial charge < -0.3 is 0 Å². The fourth-order valence-corrected chi connectivity index (χ4v) is 2.35. The van der Waals surface area contributed by atoms with Crippen LogP contribution in [0.15, 0.2) is 53.6 Å². The van der Waals surface area contributed by atoms with E-state index in [0.29, 0.717) is 5.69 Å². The van der Waals surface area contributed by atoms with Crippen LogP contribution in [0.5, 0.6) is 0 Å². The molecular formula is C16H16BrN3O2. The normalized spacial score (nSPS) is 11.3. The van der Waals surface area contributed by atoms with Crippen LogP contribution in [0, 0.1) is 10.1 Å². The molecule has 114 valence electrons. The van der Waals surface area contributed by atoms with Crippen molar-refractivity contribution in [3.05, 3.63) is 69.8 Å². The number of nitrogens with zero attached hydrogens (tertiary/aromatic N) is 2. The van der Waals surface area contributed by atoms with Gasteiger partial charge in [0.25, 0.3) is 5.69 Å². The summed E-state index contributed by atoms with van der Waals surface area (Å²) in [6.45, 7) is 1.91. The number of rotatable bonds is 6. The summed E-state index contributed by atoms with van der Waals surface area (Å²) < 4.78 is 0. The van der Waals surface area contributed by atoms with Gasteiger partial charge in [-0.05, 0) is 36.6 Å². The summed E-state index contributed by atoms with van der Waals surface area (Å²) in [6.07, 6.45) is 0.998. The Morgan fingerprint density at radius 3 is 2.36 bits per heavy atom. The molecule has 0 aliphatic carbocycles. The summed E-state index contributed by atoms with van der Waals surface area (Å²) in [6, 6.07) is 14.4. The van der Waals surface area contributed by atoms with Gasteiger partial charge in [0.2, 0.25) is 0 Å². The maximum Gasteiger partial charge on any atom is 0.269 e. The lowest BCUT2D eigenvalue weighted by atomic mass is 10.1. The molecule has 1 N–H and O–H groups in total. The molecule has 0 bridgehead atoms. The zero-order valence-corrected chi connectivity index (χ0v) is 13.7. The Balaban J connectivity index is 2.03. The second-order valence-corrected chi connectivity index (χ2v) is 5.54. The standard InChI is InChI=1S/C16H16BrN3O2/c1-12(14-4-2-13(3-5-14)10-11-17)18-19-15-6-8-16(9-7-15)20(21)22/h2-9,19H,10-11H2,1H3/b18-12+. The maximum atomic E-state index is 10.6. The third-order valence-electron chi connectivity index (χ3n) is 3.19. The molecule has 0 radical (unpaired) electrons. The first-order valence-corrected chi connectivity index (χ1v) is 7.92. The first-order chi connectivity index (χ1) is 10.6. The van der Waals surface area contributed by atoms with Crippen LogP contribution in [0.3, 0.4) is 0 Å². The summed E-state index contributed by atoms with van der Waals surface area (Å²) in [5.41, 5.74) is 6.84. The monoisotopic (exact) mass is 361 g/mol. The SMILES string of the molecule is C/C(=N\Nc1ccc([N+](=O)[O-])cc1)c1ccc(CCBr)cc1. The highest BCUT2D eigenvalue weighted by molar-refractivity contribution is 9.09. The fourth-order valence-electron chi connectivity index (χ4n) is 1.89. The van der Waals surface area contributed by atoms with Crippen LogP contribution in [0.4, 0.5) is 11.4 Å². The first kappa shape index (κ1) is 16.2. The van der Waals surface area contributed by atoms with Crippen molar-refractivity contribution in [3.63, 3.8) is 0 Å². The number of alkyl halides is 1. The number of benzene rings is 2. The van der Waals surface area contributed by atoms with Crippen LogP contribution in [0.25, 0.3) is 0 Å². The second-order valence-electron chi connectivity index (χ2n) is 4.75. The Bertz CT molecular complexity index is 667. The van der Waals surface area contributed by atoms with E-state index in [4.69, 9.17) is 0 Å². The molecule has 0 saturated heterocycles. The van der Waals surface area contributed by atoms with E-state index in [9.17, 15) is 10.1 Å². The number of aryl methyl sites for hydroxylation is 1. The van der Waals surface area contributed by atoms with Crippen LogP contribution < -0.4 is 5.43 Å². The van der Waals surface area contributed by atoms with E-state index in [1.165, 1.54) is 17.7 Å². The molecule has 0 aromatic heterocycles. The highest BCUT2D eigenvalue weighted by Gasteiger charge is 2.03. The van der Waals surface area contributed by atoms with Crippen molar-refractivity contribution in [1.29, 1.82) is 0 Å². The lowest BCUT2D eigenvalue weighted by molar-refractivity contribution is -0.384. The fraction of sp³-hybridized carbons (Fsp3) is 0.188. The Hall–Kier alpha value is -2.21. The number of hydrogen-bond donors (Lipinski definition) is 1. The van der Waals surface area contributed by atoms with Gasteiger partial charge in [0.15, 0.2) is 0 Å². The van der Waals surface area contributed by atoms with E-state index in [0.717, 1.165) is 23.0 Å². The first-order valence-electron chi connectivity index (χ1n) is 6.80. The third kappa shape index (κ3) is 4.39. The van der Waals surface area contributed by atoms with Crippen LogP contribution in [-0.2, 0) is 6.42 Å². The van der Waals surface area contributed by atoms with Crippen molar-refractivity contribution in [2.45, 2.75) is 13.3 Å². The number of nitro benzene ring substituents is 1. The molecule has 2 rings (SSSR count). The summed E-state index contributed by atoms with van der Waals surface area (Å²) in [7, 11) is 0. The largest absolute Gasteiger partial charge is 0.278 e. The number of halogens is 1. The van der Waals surface area contributed by atoms with Gasteiger partial charge >= 0.3 is 0 Å². The lowest BCUT2D eigenvalue weighted by Gasteiger charge is -2.05. The number of non-ortho nitro benzene ring substituents is 1. The summed E-state index contributed by atoms with van der Waals surface area (Å²) in [5.74, 6) is 0. The smallest absolute Gasteiger partial charge is 0.269 e. The zero-order valence-electron chi connectivity index (χ0n) is 12.1. The average molecular weight is 362 g/mol. The van der Waals surface area contributed by atoms with Crippen molar-refractivity contribution < 1.29 is 4.92 Å². The van der Waals surface area contributed by atoms with E-state index in [1.807, 2.05) is 19.1 Å². The highest BCUT2D eigenvalue weighted by atomic mass is 79.9. The molecule has 0 atom stereocenters. The van der Waals surface area contributed by atoms with Crippen molar-refractivity contribution >= 4 is 33.0 Å². The quantitative estimate of drug-likeness (QED) is 0.359. The Kier molecular flexibility index (Phi) is 5.66. The summed E-state index contributed by atoms with van der Waals surface area (Å²) >= 11 is 3.42. The van der Waals surface area contributed by atoms with Gasteiger partial charge in [-0.25, -0.2) is 0 Å². The van der Waals surface area contributed by atoms with Gasteiger partial charge in [-0.2, -0.15) is 5.10 Å². The minimum absolute atomic E-state index is 0.0635. The van der Waals surface area contributed by atoms with E-state index >= 15 is 0 Å². The highest BCUT2D eigenvalue weighted by Crippen LogP contribution is 2.15. The number of hydrogen-bond acceptors (Lipinski definition) is 4. The molecule has 22 heavy (non-hydrogen) atoms. The Morgan fingerprint density at radius 2 is 1.82 bits per heavy atom. The van der Waals surface area contributed by atoms with Gasteiger partial charge in [0.05, 0.1) is 16.3 Å². The second kappa shape index (κ2) is 7.70. The molecule has 0 spiro atoms. The minimum atomic E-state index is -0.424. The number of nitro groups is 1. The van der Waals surface area contributed by atoms with E-state index in [2.05, 4.69) is 38.6 Å². The van der Waals surface area contributed by atoms with Gasteiger partial charge in [0.1, 0.15) is 0 Å². The molecule has 0 fully saturated rings.